The van der Waals surface area contributed by atoms with Crippen molar-refractivity contribution in [3.05, 3.63) is 35.5 Å². The summed E-state index contributed by atoms with van der Waals surface area (Å²) in [5.74, 6) is 0.252. The molecule has 1 aromatic heterocycles. The molecule has 1 atom stereocenters. The molecular formula is C20H25N3O2. The largest absolute Gasteiger partial charge is 0.358 e. The summed E-state index contributed by atoms with van der Waals surface area (Å²) < 4.78 is 0. The van der Waals surface area contributed by atoms with Gasteiger partial charge in [0.2, 0.25) is 5.91 Å². The van der Waals surface area contributed by atoms with Gasteiger partial charge in [0.25, 0.3) is 5.91 Å². The van der Waals surface area contributed by atoms with E-state index in [0.29, 0.717) is 13.1 Å². The number of para-hydroxylation sites is 1. The number of nitrogens with zero attached hydrogens (tertiary/aromatic N) is 2. The van der Waals surface area contributed by atoms with Crippen molar-refractivity contribution < 1.29 is 9.59 Å². The number of likely N-dealkylation sites (tertiary alicyclic amines) is 2. The maximum Gasteiger partial charge on any atom is 0.256 e. The number of fused-ring (bicyclic) bond motifs is 1. The van der Waals surface area contributed by atoms with E-state index in [1.807, 2.05) is 41.0 Å². The van der Waals surface area contributed by atoms with E-state index in [0.717, 1.165) is 54.5 Å². The van der Waals surface area contributed by atoms with Crippen LogP contribution in [0.1, 0.15) is 41.7 Å². The minimum Gasteiger partial charge on any atom is -0.358 e. The minimum absolute atomic E-state index is 0.0347. The summed E-state index contributed by atoms with van der Waals surface area (Å²) in [5.41, 5.74) is 2.64. The van der Waals surface area contributed by atoms with E-state index in [2.05, 4.69) is 4.98 Å². The van der Waals surface area contributed by atoms with E-state index in [1.54, 1.807) is 0 Å². The lowest BCUT2D eigenvalue weighted by Gasteiger charge is -2.29. The number of aryl methyl sites for hydroxylation is 1. The number of carbonyl (C=O) groups is 2. The summed E-state index contributed by atoms with van der Waals surface area (Å²) in [6.45, 7) is 4.92. The van der Waals surface area contributed by atoms with Crippen molar-refractivity contribution in [3.63, 3.8) is 0 Å². The zero-order chi connectivity index (χ0) is 17.4. The number of aromatic nitrogens is 1. The highest BCUT2D eigenvalue weighted by atomic mass is 16.2. The Labute approximate surface area is 148 Å². The number of aromatic amines is 1. The molecule has 5 heteroatoms. The lowest BCUT2D eigenvalue weighted by molar-refractivity contribution is -0.135. The summed E-state index contributed by atoms with van der Waals surface area (Å²) in [4.78, 5) is 32.9. The van der Waals surface area contributed by atoms with Crippen LogP contribution in [-0.2, 0) is 4.79 Å². The zero-order valence-electron chi connectivity index (χ0n) is 14.8. The first-order valence-electron chi connectivity index (χ1n) is 9.30. The van der Waals surface area contributed by atoms with Gasteiger partial charge in [-0.3, -0.25) is 9.59 Å². The molecule has 25 heavy (non-hydrogen) atoms. The molecule has 2 aromatic rings. The number of rotatable bonds is 2. The molecule has 1 aromatic carbocycles. The SMILES string of the molecule is Cc1[nH]c2ccccc2c1C(=O)N1CCC(C(=O)N2CCCCC2)C1. The van der Waals surface area contributed by atoms with Crippen LogP contribution in [-0.4, -0.2) is 52.8 Å². The molecule has 2 amide bonds. The Bertz CT molecular complexity index is 804. The topological polar surface area (TPSA) is 56.4 Å². The number of nitrogens with one attached hydrogen (secondary N) is 1. The van der Waals surface area contributed by atoms with Crippen LogP contribution >= 0.6 is 0 Å². The Morgan fingerprint density at radius 2 is 1.80 bits per heavy atom. The molecule has 5 nitrogen and oxygen atoms in total. The molecule has 2 aliphatic rings. The highest BCUT2D eigenvalue weighted by Gasteiger charge is 2.35. The lowest BCUT2D eigenvalue weighted by atomic mass is 10.0. The molecule has 0 saturated carbocycles. The van der Waals surface area contributed by atoms with Crippen molar-refractivity contribution in [2.24, 2.45) is 5.92 Å². The summed E-state index contributed by atoms with van der Waals surface area (Å²) >= 11 is 0. The molecule has 0 spiro atoms. The van der Waals surface area contributed by atoms with Crippen LogP contribution in [0.5, 0.6) is 0 Å². The lowest BCUT2D eigenvalue weighted by Crippen LogP contribution is -2.41. The van der Waals surface area contributed by atoms with Crippen molar-refractivity contribution >= 4 is 22.7 Å². The number of carbonyl (C=O) groups excluding carboxylic acids is 2. The van der Waals surface area contributed by atoms with Gasteiger partial charge in [-0.15, -0.1) is 0 Å². The second-order valence-electron chi connectivity index (χ2n) is 7.29. The zero-order valence-corrected chi connectivity index (χ0v) is 14.8. The van der Waals surface area contributed by atoms with E-state index in [4.69, 9.17) is 0 Å². The van der Waals surface area contributed by atoms with Gasteiger partial charge in [-0.2, -0.15) is 0 Å². The Balaban J connectivity index is 1.50. The van der Waals surface area contributed by atoms with E-state index in [9.17, 15) is 9.59 Å². The van der Waals surface area contributed by atoms with E-state index >= 15 is 0 Å². The standard InChI is InChI=1S/C20H25N3O2/c1-14-18(16-7-3-4-8-17(16)21-14)20(25)23-12-9-15(13-23)19(24)22-10-5-2-6-11-22/h3-4,7-8,15,21H,2,5-6,9-13H2,1H3. The van der Waals surface area contributed by atoms with Gasteiger partial charge in [-0.1, -0.05) is 18.2 Å². The van der Waals surface area contributed by atoms with Gasteiger partial charge in [0.15, 0.2) is 0 Å². The normalized spacial score (nSPS) is 21.1. The first kappa shape index (κ1) is 16.2. The van der Waals surface area contributed by atoms with Crippen LogP contribution in [0.15, 0.2) is 24.3 Å². The van der Waals surface area contributed by atoms with Gasteiger partial charge in [-0.05, 0) is 38.7 Å². The first-order chi connectivity index (χ1) is 12.1. The smallest absolute Gasteiger partial charge is 0.256 e. The second kappa shape index (κ2) is 6.54. The minimum atomic E-state index is -0.0347. The molecule has 4 rings (SSSR count). The fourth-order valence-corrected chi connectivity index (χ4v) is 4.23. The highest BCUT2D eigenvalue weighted by molar-refractivity contribution is 6.08. The average Bonchev–Trinajstić information content (AvgIpc) is 3.25. The third-order valence-corrected chi connectivity index (χ3v) is 5.60. The summed E-state index contributed by atoms with van der Waals surface area (Å²) in [7, 11) is 0. The molecule has 1 unspecified atom stereocenters. The first-order valence-corrected chi connectivity index (χ1v) is 9.30. The number of piperidine rings is 1. The van der Waals surface area contributed by atoms with E-state index in [1.165, 1.54) is 6.42 Å². The van der Waals surface area contributed by atoms with Gasteiger partial charge in [0.1, 0.15) is 0 Å². The molecular weight excluding hydrogens is 314 g/mol. The Kier molecular flexibility index (Phi) is 4.24. The van der Waals surface area contributed by atoms with Crippen molar-refractivity contribution in [1.29, 1.82) is 0 Å². The maximum atomic E-state index is 13.1. The van der Waals surface area contributed by atoms with Gasteiger partial charge in [0, 0.05) is 42.8 Å². The molecule has 2 fully saturated rings. The Morgan fingerprint density at radius 3 is 2.60 bits per heavy atom. The van der Waals surface area contributed by atoms with Gasteiger partial charge in [-0.25, -0.2) is 0 Å². The summed E-state index contributed by atoms with van der Waals surface area (Å²) in [5, 5.41) is 0.968. The molecule has 132 valence electrons. The fraction of sp³-hybridized carbons (Fsp3) is 0.500. The monoisotopic (exact) mass is 339 g/mol. The van der Waals surface area contributed by atoms with Crippen LogP contribution < -0.4 is 0 Å². The van der Waals surface area contributed by atoms with Crippen LogP contribution in [0, 0.1) is 12.8 Å². The number of amides is 2. The molecule has 0 bridgehead atoms. The van der Waals surface area contributed by atoms with Gasteiger partial charge < -0.3 is 14.8 Å². The van der Waals surface area contributed by atoms with Crippen molar-refractivity contribution in [3.8, 4) is 0 Å². The van der Waals surface area contributed by atoms with Crippen molar-refractivity contribution in [1.82, 2.24) is 14.8 Å². The van der Waals surface area contributed by atoms with Gasteiger partial charge in [0.05, 0.1) is 11.5 Å². The fourth-order valence-electron chi connectivity index (χ4n) is 4.23. The number of hydrogen-bond donors (Lipinski definition) is 1. The molecule has 2 aliphatic heterocycles. The van der Waals surface area contributed by atoms with E-state index < -0.39 is 0 Å². The van der Waals surface area contributed by atoms with Gasteiger partial charge >= 0.3 is 0 Å². The Morgan fingerprint density at radius 1 is 1.04 bits per heavy atom. The third-order valence-electron chi connectivity index (χ3n) is 5.60. The summed E-state index contributed by atoms with van der Waals surface area (Å²) in [6.07, 6.45) is 4.21. The molecule has 2 saturated heterocycles. The predicted octanol–water partition coefficient (Wildman–Crippen LogP) is 2.95. The number of hydrogen-bond acceptors (Lipinski definition) is 2. The average molecular weight is 339 g/mol. The molecule has 3 heterocycles. The maximum absolute atomic E-state index is 13.1. The number of H-pyrrole nitrogens is 1. The number of benzene rings is 1. The van der Waals surface area contributed by atoms with Crippen LogP contribution in [0.2, 0.25) is 0 Å². The van der Waals surface area contributed by atoms with Crippen LogP contribution in [0.4, 0.5) is 0 Å². The highest BCUT2D eigenvalue weighted by Crippen LogP contribution is 2.27. The quantitative estimate of drug-likeness (QED) is 0.914. The third kappa shape index (κ3) is 2.92. The van der Waals surface area contributed by atoms with Crippen molar-refractivity contribution in [2.75, 3.05) is 26.2 Å². The molecule has 0 radical (unpaired) electrons. The molecule has 1 N–H and O–H groups in total. The van der Waals surface area contributed by atoms with Crippen LogP contribution in [0.3, 0.4) is 0 Å². The predicted molar refractivity (Wildman–Crippen MR) is 97.5 cm³/mol. The summed E-state index contributed by atoms with van der Waals surface area (Å²) in [6, 6.07) is 7.90. The van der Waals surface area contributed by atoms with Crippen molar-refractivity contribution in [2.45, 2.75) is 32.6 Å². The van der Waals surface area contributed by atoms with E-state index in [-0.39, 0.29) is 17.7 Å². The van der Waals surface area contributed by atoms with Crippen LogP contribution in [0.25, 0.3) is 10.9 Å². The second-order valence-corrected chi connectivity index (χ2v) is 7.29. The Hall–Kier alpha value is -2.30. The molecule has 0 aliphatic carbocycles.